The molecular weight excluding hydrogens is 307 g/mol. The molecule has 0 aliphatic heterocycles. The van der Waals surface area contributed by atoms with Crippen molar-refractivity contribution in [2.24, 2.45) is 4.99 Å². The van der Waals surface area contributed by atoms with E-state index in [0.717, 1.165) is 23.7 Å². The number of amidine groups is 1. The van der Waals surface area contributed by atoms with Crippen LogP contribution < -0.4 is 9.64 Å². The topological polar surface area (TPSA) is 41.9 Å². The Balaban J connectivity index is 2.49. The number of para-hydroxylation sites is 2. The van der Waals surface area contributed by atoms with Gasteiger partial charge in [-0.15, -0.1) is 0 Å². The minimum Gasteiger partial charge on any atom is -0.495 e. The summed E-state index contributed by atoms with van der Waals surface area (Å²) in [7, 11) is 3.49. The second kappa shape index (κ2) is 8.24. The van der Waals surface area contributed by atoms with Crippen molar-refractivity contribution in [1.82, 2.24) is 0 Å². The van der Waals surface area contributed by atoms with Crippen molar-refractivity contribution < 1.29 is 13.9 Å². The maximum absolute atomic E-state index is 13.8. The number of methoxy groups -OCH3 is 1. The lowest BCUT2D eigenvalue weighted by molar-refractivity contribution is 0.112. The number of aliphatic imine (C=N–C) groups is 1. The number of nitrogens with zero attached hydrogens (tertiary/aromatic N) is 2. The van der Waals surface area contributed by atoms with Gasteiger partial charge < -0.3 is 9.64 Å². The molecule has 0 amide bonds. The minimum absolute atomic E-state index is 0.0282. The average Bonchev–Trinajstić information content (AvgIpc) is 2.61. The first-order valence-corrected chi connectivity index (χ1v) is 7.80. The third-order valence-corrected chi connectivity index (χ3v) is 3.70. The molecule has 0 heterocycles. The first-order chi connectivity index (χ1) is 11.6. The third-order valence-electron chi connectivity index (χ3n) is 3.70. The number of rotatable bonds is 6. The summed E-state index contributed by atoms with van der Waals surface area (Å²) in [5.41, 5.74) is 1.16. The lowest BCUT2D eigenvalue weighted by Gasteiger charge is -2.23. The number of anilines is 1. The molecule has 0 saturated carbocycles. The molecule has 24 heavy (non-hydrogen) atoms. The minimum atomic E-state index is -0.568. The van der Waals surface area contributed by atoms with Gasteiger partial charge in [0.15, 0.2) is 6.29 Å². The van der Waals surface area contributed by atoms with E-state index in [9.17, 15) is 9.18 Å². The molecule has 0 atom stereocenters. The lowest BCUT2D eigenvalue weighted by atomic mass is 10.2. The lowest BCUT2D eigenvalue weighted by Crippen LogP contribution is -2.26. The Morgan fingerprint density at radius 2 is 2.00 bits per heavy atom. The number of carbonyl (C=O) groups is 1. The van der Waals surface area contributed by atoms with Gasteiger partial charge in [-0.2, -0.15) is 0 Å². The zero-order valence-electron chi connectivity index (χ0n) is 14.1. The summed E-state index contributed by atoms with van der Waals surface area (Å²) in [6, 6.07) is 12.0. The van der Waals surface area contributed by atoms with Gasteiger partial charge in [0.05, 0.1) is 24.0 Å². The van der Waals surface area contributed by atoms with Crippen LogP contribution in [0.5, 0.6) is 5.75 Å². The van der Waals surface area contributed by atoms with E-state index in [0.29, 0.717) is 18.4 Å². The van der Waals surface area contributed by atoms with Crippen molar-refractivity contribution in [2.45, 2.75) is 19.8 Å². The maximum Gasteiger partial charge on any atom is 0.155 e. The first kappa shape index (κ1) is 17.7. The van der Waals surface area contributed by atoms with Gasteiger partial charge >= 0.3 is 0 Å². The standard InChI is InChI=1S/C19H21FN2O2/c1-4-8-19(21-16-10-7-9-15(20)14(16)13-23)22(2)17-11-5-6-12-18(17)24-3/h5-7,9-13H,4,8H2,1-3H3. The van der Waals surface area contributed by atoms with E-state index in [1.165, 1.54) is 6.07 Å². The second-order valence-corrected chi connectivity index (χ2v) is 5.30. The van der Waals surface area contributed by atoms with Crippen LogP contribution in [0, 0.1) is 5.82 Å². The van der Waals surface area contributed by atoms with E-state index in [2.05, 4.69) is 4.99 Å². The normalized spacial score (nSPS) is 11.2. The summed E-state index contributed by atoms with van der Waals surface area (Å²) in [4.78, 5) is 17.6. The van der Waals surface area contributed by atoms with Crippen LogP contribution in [0.25, 0.3) is 0 Å². The van der Waals surface area contributed by atoms with Crippen molar-refractivity contribution in [3.05, 3.63) is 53.8 Å². The Kier molecular flexibility index (Phi) is 6.07. The van der Waals surface area contributed by atoms with Gasteiger partial charge in [0.25, 0.3) is 0 Å². The molecule has 0 N–H and O–H groups in total. The highest BCUT2D eigenvalue weighted by molar-refractivity contribution is 6.01. The molecule has 2 aromatic carbocycles. The molecule has 0 saturated heterocycles. The summed E-state index contributed by atoms with van der Waals surface area (Å²) in [6.07, 6.45) is 2.05. The Labute approximate surface area is 141 Å². The molecule has 5 heteroatoms. The van der Waals surface area contributed by atoms with Gasteiger partial charge in [0, 0.05) is 13.5 Å². The fourth-order valence-corrected chi connectivity index (χ4v) is 2.45. The molecule has 0 spiro atoms. The van der Waals surface area contributed by atoms with Crippen molar-refractivity contribution in [2.75, 3.05) is 19.1 Å². The molecular formula is C19H21FN2O2. The quantitative estimate of drug-likeness (QED) is 0.442. The van der Waals surface area contributed by atoms with Gasteiger partial charge in [-0.1, -0.05) is 25.1 Å². The molecule has 4 nitrogen and oxygen atoms in total. The van der Waals surface area contributed by atoms with Gasteiger partial charge in [0.1, 0.15) is 17.4 Å². The largest absolute Gasteiger partial charge is 0.495 e. The molecule has 0 bridgehead atoms. The number of hydrogen-bond acceptors (Lipinski definition) is 3. The van der Waals surface area contributed by atoms with Crippen molar-refractivity contribution in [1.29, 1.82) is 0 Å². The van der Waals surface area contributed by atoms with E-state index in [1.807, 2.05) is 43.1 Å². The average molecular weight is 328 g/mol. The molecule has 0 radical (unpaired) electrons. The van der Waals surface area contributed by atoms with Crippen LogP contribution in [0.2, 0.25) is 0 Å². The molecule has 0 fully saturated rings. The van der Waals surface area contributed by atoms with E-state index in [-0.39, 0.29) is 5.56 Å². The van der Waals surface area contributed by atoms with E-state index in [4.69, 9.17) is 4.74 Å². The van der Waals surface area contributed by atoms with Crippen LogP contribution in [-0.2, 0) is 0 Å². The van der Waals surface area contributed by atoms with Crippen LogP contribution in [0.4, 0.5) is 15.8 Å². The molecule has 0 aliphatic rings. The fraction of sp³-hybridized carbons (Fsp3) is 0.263. The SMILES string of the molecule is CCCC(=Nc1cccc(F)c1C=O)N(C)c1ccccc1OC. The Bertz CT molecular complexity index is 744. The summed E-state index contributed by atoms with van der Waals surface area (Å²) in [5.74, 6) is 0.886. The van der Waals surface area contributed by atoms with Crippen molar-refractivity contribution in [3.8, 4) is 5.75 Å². The van der Waals surface area contributed by atoms with Crippen LogP contribution >= 0.6 is 0 Å². The number of aldehydes is 1. The highest BCUT2D eigenvalue weighted by atomic mass is 19.1. The Morgan fingerprint density at radius 3 is 2.67 bits per heavy atom. The van der Waals surface area contributed by atoms with Gasteiger partial charge in [-0.25, -0.2) is 9.38 Å². The summed E-state index contributed by atoms with van der Waals surface area (Å²) < 4.78 is 19.2. The van der Waals surface area contributed by atoms with Gasteiger partial charge in [-0.05, 0) is 30.7 Å². The Hall–Kier alpha value is -2.69. The van der Waals surface area contributed by atoms with Crippen molar-refractivity contribution >= 4 is 23.5 Å². The van der Waals surface area contributed by atoms with E-state index < -0.39 is 5.82 Å². The highest BCUT2D eigenvalue weighted by Crippen LogP contribution is 2.29. The molecule has 2 aromatic rings. The zero-order chi connectivity index (χ0) is 17.5. The number of ether oxygens (including phenoxy) is 1. The predicted molar refractivity (Wildman–Crippen MR) is 95.2 cm³/mol. The summed E-state index contributed by atoms with van der Waals surface area (Å²) in [5, 5.41) is 0. The smallest absolute Gasteiger partial charge is 0.155 e. The van der Waals surface area contributed by atoms with Crippen LogP contribution in [0.1, 0.15) is 30.1 Å². The molecule has 0 aliphatic carbocycles. The van der Waals surface area contributed by atoms with E-state index >= 15 is 0 Å². The fourth-order valence-electron chi connectivity index (χ4n) is 2.45. The van der Waals surface area contributed by atoms with Crippen molar-refractivity contribution in [3.63, 3.8) is 0 Å². The predicted octanol–water partition coefficient (Wildman–Crippen LogP) is 4.61. The number of benzene rings is 2. The van der Waals surface area contributed by atoms with Gasteiger partial charge in [-0.3, -0.25) is 4.79 Å². The highest BCUT2D eigenvalue weighted by Gasteiger charge is 2.14. The zero-order valence-corrected chi connectivity index (χ0v) is 14.1. The van der Waals surface area contributed by atoms with Crippen LogP contribution in [0.3, 0.4) is 0 Å². The Morgan fingerprint density at radius 1 is 1.25 bits per heavy atom. The van der Waals surface area contributed by atoms with E-state index in [1.54, 1.807) is 19.2 Å². The summed E-state index contributed by atoms with van der Waals surface area (Å²) in [6.45, 7) is 2.04. The number of halogens is 1. The van der Waals surface area contributed by atoms with Crippen LogP contribution in [0.15, 0.2) is 47.5 Å². The molecule has 2 rings (SSSR count). The molecule has 126 valence electrons. The monoisotopic (exact) mass is 328 g/mol. The second-order valence-electron chi connectivity index (χ2n) is 5.30. The number of hydrogen-bond donors (Lipinski definition) is 0. The third kappa shape index (κ3) is 3.79. The summed E-state index contributed by atoms with van der Waals surface area (Å²) >= 11 is 0. The first-order valence-electron chi connectivity index (χ1n) is 7.80. The number of carbonyl (C=O) groups excluding carboxylic acids is 1. The molecule has 0 unspecified atom stereocenters. The molecule has 0 aromatic heterocycles. The van der Waals surface area contributed by atoms with Crippen LogP contribution in [-0.4, -0.2) is 26.3 Å². The van der Waals surface area contributed by atoms with Gasteiger partial charge in [0.2, 0.25) is 0 Å². The maximum atomic E-state index is 13.8.